The SMILES string of the molecule is Cc1cccc(-c2nccc(Nc3ccnc(Cc4nc(C(=O)OC5CCNCC5)cs4)n3)n2)n1. The van der Waals surface area contributed by atoms with Gasteiger partial charge in [0.25, 0.3) is 0 Å². The number of carbonyl (C=O) groups excluding carboxylic acids is 1. The standard InChI is InChI=1S/C24H24N8O2S/c1-15-3-2-4-17(28-15)23-27-12-8-20(32-23)30-19-7-11-26-21(31-19)13-22-29-18(14-35-22)24(33)34-16-5-9-25-10-6-16/h2-4,7-8,11-12,14,16,25H,5-6,9-10,13H2,1H3,(H,26,27,30,31,32). The molecular formula is C24H24N8O2S. The van der Waals surface area contributed by atoms with Gasteiger partial charge in [-0.25, -0.2) is 34.7 Å². The quantitative estimate of drug-likeness (QED) is 0.374. The molecule has 0 spiro atoms. The number of piperidine rings is 1. The molecule has 0 aromatic carbocycles. The summed E-state index contributed by atoms with van der Waals surface area (Å²) in [6.45, 7) is 3.65. The van der Waals surface area contributed by atoms with Crippen molar-refractivity contribution in [1.82, 2.24) is 35.2 Å². The van der Waals surface area contributed by atoms with Crippen LogP contribution in [0.3, 0.4) is 0 Å². The predicted molar refractivity (Wildman–Crippen MR) is 132 cm³/mol. The van der Waals surface area contributed by atoms with Gasteiger partial charge in [-0.05, 0) is 57.1 Å². The number of nitrogens with zero attached hydrogens (tertiary/aromatic N) is 6. The number of hydrogen-bond acceptors (Lipinski definition) is 11. The molecule has 11 heteroatoms. The summed E-state index contributed by atoms with van der Waals surface area (Å²) in [6.07, 6.45) is 5.36. The van der Waals surface area contributed by atoms with Crippen molar-refractivity contribution in [3.8, 4) is 11.5 Å². The Bertz CT molecular complexity index is 1320. The molecule has 0 atom stereocenters. The lowest BCUT2D eigenvalue weighted by molar-refractivity contribution is 0.0223. The van der Waals surface area contributed by atoms with Gasteiger partial charge in [0.05, 0.1) is 6.42 Å². The van der Waals surface area contributed by atoms with E-state index in [9.17, 15) is 4.79 Å². The number of pyridine rings is 1. The number of hydrogen-bond donors (Lipinski definition) is 2. The molecule has 35 heavy (non-hydrogen) atoms. The number of carbonyl (C=O) groups is 1. The van der Waals surface area contributed by atoms with Crippen LogP contribution >= 0.6 is 11.3 Å². The molecule has 1 aliphatic heterocycles. The highest BCUT2D eigenvalue weighted by Crippen LogP contribution is 2.19. The number of thiazole rings is 1. The van der Waals surface area contributed by atoms with Gasteiger partial charge in [0, 0.05) is 23.5 Å². The van der Waals surface area contributed by atoms with Gasteiger partial charge < -0.3 is 15.4 Å². The maximum absolute atomic E-state index is 12.4. The Hall–Kier alpha value is -3.83. The molecule has 5 rings (SSSR count). The van der Waals surface area contributed by atoms with Crippen molar-refractivity contribution in [2.45, 2.75) is 32.3 Å². The van der Waals surface area contributed by atoms with Gasteiger partial charge >= 0.3 is 5.97 Å². The summed E-state index contributed by atoms with van der Waals surface area (Å²) in [5.41, 5.74) is 1.93. The summed E-state index contributed by atoms with van der Waals surface area (Å²) in [5, 5.41) is 8.92. The molecule has 0 saturated carbocycles. The van der Waals surface area contributed by atoms with Crippen molar-refractivity contribution >= 4 is 28.9 Å². The summed E-state index contributed by atoms with van der Waals surface area (Å²) >= 11 is 1.39. The van der Waals surface area contributed by atoms with E-state index in [0.29, 0.717) is 41.1 Å². The topological polar surface area (TPSA) is 128 Å². The van der Waals surface area contributed by atoms with Crippen LogP contribution in [-0.2, 0) is 11.2 Å². The Kier molecular flexibility index (Phi) is 6.96. The number of esters is 1. The third-order valence-corrected chi connectivity index (χ3v) is 6.21. The summed E-state index contributed by atoms with van der Waals surface area (Å²) in [7, 11) is 0. The van der Waals surface area contributed by atoms with Crippen LogP contribution in [0, 0.1) is 6.92 Å². The van der Waals surface area contributed by atoms with E-state index in [-0.39, 0.29) is 12.1 Å². The van der Waals surface area contributed by atoms with Gasteiger partial charge in [-0.15, -0.1) is 11.3 Å². The average Bonchev–Trinajstić information content (AvgIpc) is 3.34. The maximum Gasteiger partial charge on any atom is 0.358 e. The lowest BCUT2D eigenvalue weighted by atomic mass is 10.1. The van der Waals surface area contributed by atoms with Crippen LogP contribution in [0.25, 0.3) is 11.5 Å². The maximum atomic E-state index is 12.4. The van der Waals surface area contributed by atoms with Crippen molar-refractivity contribution in [2.75, 3.05) is 18.4 Å². The molecule has 5 heterocycles. The Morgan fingerprint density at radius 3 is 2.69 bits per heavy atom. The first-order valence-corrected chi connectivity index (χ1v) is 12.2. The average molecular weight is 489 g/mol. The van der Waals surface area contributed by atoms with Crippen molar-refractivity contribution in [3.63, 3.8) is 0 Å². The van der Waals surface area contributed by atoms with Crippen LogP contribution in [-0.4, -0.2) is 55.1 Å². The molecular weight excluding hydrogens is 464 g/mol. The Morgan fingerprint density at radius 1 is 1.06 bits per heavy atom. The Balaban J connectivity index is 1.24. The molecule has 4 aromatic rings. The summed E-state index contributed by atoms with van der Waals surface area (Å²) in [6, 6.07) is 9.26. The number of aromatic nitrogens is 6. The zero-order chi connectivity index (χ0) is 24.0. The predicted octanol–water partition coefficient (Wildman–Crippen LogP) is 3.34. The molecule has 1 saturated heterocycles. The fraction of sp³-hybridized carbons (Fsp3) is 0.292. The van der Waals surface area contributed by atoms with Crippen molar-refractivity contribution in [1.29, 1.82) is 0 Å². The smallest absolute Gasteiger partial charge is 0.358 e. The fourth-order valence-corrected chi connectivity index (χ4v) is 4.41. The summed E-state index contributed by atoms with van der Waals surface area (Å²) < 4.78 is 5.58. The lowest BCUT2D eigenvalue weighted by Gasteiger charge is -2.22. The summed E-state index contributed by atoms with van der Waals surface area (Å²) in [5.74, 6) is 1.93. The van der Waals surface area contributed by atoms with Gasteiger partial charge in [-0.3, -0.25) is 0 Å². The molecule has 1 aliphatic rings. The molecule has 178 valence electrons. The van der Waals surface area contributed by atoms with E-state index in [4.69, 9.17) is 4.74 Å². The molecule has 0 unspecified atom stereocenters. The number of rotatable bonds is 7. The third-order valence-electron chi connectivity index (χ3n) is 5.36. The normalized spacial score (nSPS) is 14.0. The largest absolute Gasteiger partial charge is 0.458 e. The molecule has 0 radical (unpaired) electrons. The molecule has 4 aromatic heterocycles. The number of ether oxygens (including phenoxy) is 1. The van der Waals surface area contributed by atoms with E-state index in [2.05, 4.69) is 40.5 Å². The first-order valence-electron chi connectivity index (χ1n) is 11.3. The number of anilines is 2. The van der Waals surface area contributed by atoms with E-state index in [1.54, 1.807) is 29.9 Å². The zero-order valence-corrected chi connectivity index (χ0v) is 20.0. The molecule has 2 N–H and O–H groups in total. The second kappa shape index (κ2) is 10.6. The molecule has 0 bridgehead atoms. The second-order valence-electron chi connectivity index (χ2n) is 8.07. The molecule has 0 amide bonds. The minimum absolute atomic E-state index is 0.0519. The van der Waals surface area contributed by atoms with Gasteiger partial charge in [-0.1, -0.05) is 6.07 Å². The number of aryl methyl sites for hydroxylation is 1. The van der Waals surface area contributed by atoms with E-state index in [1.165, 1.54) is 11.3 Å². The van der Waals surface area contributed by atoms with Gasteiger partial charge in [0.15, 0.2) is 11.5 Å². The minimum atomic E-state index is -0.376. The van der Waals surface area contributed by atoms with E-state index < -0.39 is 0 Å². The fourth-order valence-electron chi connectivity index (χ4n) is 3.65. The highest BCUT2D eigenvalue weighted by molar-refractivity contribution is 7.09. The lowest BCUT2D eigenvalue weighted by Crippen LogP contribution is -2.33. The van der Waals surface area contributed by atoms with Gasteiger partial charge in [0.2, 0.25) is 0 Å². The van der Waals surface area contributed by atoms with Crippen LogP contribution in [0.2, 0.25) is 0 Å². The van der Waals surface area contributed by atoms with E-state index in [1.807, 2.05) is 25.1 Å². The highest BCUT2D eigenvalue weighted by atomic mass is 32.1. The molecule has 10 nitrogen and oxygen atoms in total. The Labute approximate surface area is 206 Å². The van der Waals surface area contributed by atoms with Crippen molar-refractivity contribution in [2.24, 2.45) is 0 Å². The van der Waals surface area contributed by atoms with Gasteiger partial charge in [-0.2, -0.15) is 0 Å². The zero-order valence-electron chi connectivity index (χ0n) is 19.1. The van der Waals surface area contributed by atoms with E-state index >= 15 is 0 Å². The third kappa shape index (κ3) is 6.00. The minimum Gasteiger partial charge on any atom is -0.458 e. The highest BCUT2D eigenvalue weighted by Gasteiger charge is 2.20. The van der Waals surface area contributed by atoms with Gasteiger partial charge in [0.1, 0.15) is 34.3 Å². The monoisotopic (exact) mass is 488 g/mol. The number of nitrogens with one attached hydrogen (secondary N) is 2. The van der Waals surface area contributed by atoms with Crippen LogP contribution in [0.15, 0.2) is 48.1 Å². The molecule has 1 fully saturated rings. The van der Waals surface area contributed by atoms with Crippen LogP contribution < -0.4 is 10.6 Å². The Morgan fingerprint density at radius 2 is 1.86 bits per heavy atom. The second-order valence-corrected chi connectivity index (χ2v) is 9.01. The van der Waals surface area contributed by atoms with Crippen molar-refractivity contribution < 1.29 is 9.53 Å². The molecule has 0 aliphatic carbocycles. The first kappa shape index (κ1) is 22.9. The van der Waals surface area contributed by atoms with E-state index in [0.717, 1.165) is 36.6 Å². The van der Waals surface area contributed by atoms with Crippen molar-refractivity contribution in [3.05, 3.63) is 70.3 Å². The van der Waals surface area contributed by atoms with Crippen LogP contribution in [0.4, 0.5) is 11.6 Å². The first-order chi connectivity index (χ1) is 17.1. The van der Waals surface area contributed by atoms with Crippen LogP contribution in [0.1, 0.15) is 39.9 Å². The summed E-state index contributed by atoms with van der Waals surface area (Å²) in [4.78, 5) is 39.1. The van der Waals surface area contributed by atoms with Crippen LogP contribution in [0.5, 0.6) is 0 Å².